The Labute approximate surface area is 181 Å². The van der Waals surface area contributed by atoms with Gasteiger partial charge >= 0.3 is 0 Å². The Morgan fingerprint density at radius 2 is 1.75 bits per heavy atom. The number of amides is 1. The van der Waals surface area contributed by atoms with E-state index in [1.165, 1.54) is 38.5 Å². The third-order valence-corrected chi connectivity index (χ3v) is 6.69. The van der Waals surface area contributed by atoms with Crippen molar-refractivity contribution in [3.05, 3.63) is 23.9 Å². The number of hydrogen-bond acceptors (Lipinski definition) is 4. The molecule has 0 radical (unpaired) electrons. The normalized spacial score (nSPS) is 29.8. The second-order valence-electron chi connectivity index (χ2n) is 9.23. The van der Waals surface area contributed by atoms with Crippen LogP contribution in [0.4, 0.5) is 5.82 Å². The summed E-state index contributed by atoms with van der Waals surface area (Å²) in [6, 6.07) is 3.72. The quantitative estimate of drug-likeness (QED) is 0.692. The maximum atomic E-state index is 12.9. The van der Waals surface area contributed by atoms with Crippen molar-refractivity contribution in [2.45, 2.75) is 38.5 Å². The highest BCUT2D eigenvalue weighted by molar-refractivity contribution is 5.98. The second kappa shape index (κ2) is 9.64. The van der Waals surface area contributed by atoms with Crippen LogP contribution in [0.25, 0.3) is 0 Å². The Morgan fingerprint density at radius 1 is 1.14 bits per heavy atom. The van der Waals surface area contributed by atoms with Crippen molar-refractivity contribution in [3.63, 3.8) is 0 Å². The Hall–Kier alpha value is -1.04. The van der Waals surface area contributed by atoms with Crippen LogP contribution in [0.2, 0.25) is 0 Å². The predicted octanol–water partition coefficient (Wildman–Crippen LogP) is 3.84. The molecule has 0 atom stereocenters. The molecule has 4 fully saturated rings. The minimum atomic E-state index is 0. The number of nitrogens with one attached hydrogen (secondary N) is 2. The highest BCUT2D eigenvalue weighted by atomic mass is 35.5. The summed E-state index contributed by atoms with van der Waals surface area (Å²) in [5.41, 5.74) is 1.03. The molecular weight excluding hydrogens is 395 g/mol. The van der Waals surface area contributed by atoms with Crippen molar-refractivity contribution >= 4 is 36.5 Å². The van der Waals surface area contributed by atoms with E-state index in [2.05, 4.69) is 20.5 Å². The molecule has 4 aliphatic rings. The van der Waals surface area contributed by atoms with Crippen molar-refractivity contribution in [1.29, 1.82) is 0 Å². The monoisotopic (exact) mass is 428 g/mol. The zero-order valence-electron chi connectivity index (χ0n) is 16.9. The van der Waals surface area contributed by atoms with Crippen molar-refractivity contribution < 1.29 is 4.79 Å². The Kier molecular flexibility index (Phi) is 8.00. The van der Waals surface area contributed by atoms with Gasteiger partial charge < -0.3 is 15.5 Å². The fourth-order valence-electron chi connectivity index (χ4n) is 6.00. The SMILES string of the molecule is CN(C)CCNc1ncccc1C(=O)NCC12CC3CC(CC(C3)C1)C2.Cl.Cl. The fourth-order valence-corrected chi connectivity index (χ4v) is 6.00. The lowest BCUT2D eigenvalue weighted by Gasteiger charge is -2.56. The van der Waals surface area contributed by atoms with Gasteiger partial charge in [0.05, 0.1) is 5.56 Å². The zero-order valence-corrected chi connectivity index (χ0v) is 18.6. The smallest absolute Gasteiger partial charge is 0.255 e. The third kappa shape index (κ3) is 5.11. The molecule has 1 aromatic rings. The summed E-state index contributed by atoms with van der Waals surface area (Å²) in [4.78, 5) is 19.3. The van der Waals surface area contributed by atoms with Crippen LogP contribution in [-0.2, 0) is 0 Å². The lowest BCUT2D eigenvalue weighted by atomic mass is 9.49. The number of rotatable bonds is 7. The van der Waals surface area contributed by atoms with Crippen molar-refractivity contribution in [3.8, 4) is 0 Å². The molecule has 1 amide bonds. The molecule has 158 valence electrons. The van der Waals surface area contributed by atoms with Crippen LogP contribution in [0.15, 0.2) is 18.3 Å². The Balaban J connectivity index is 0.00000140. The molecule has 5 nitrogen and oxygen atoms in total. The second-order valence-corrected chi connectivity index (χ2v) is 9.23. The van der Waals surface area contributed by atoms with Gasteiger partial charge in [0.1, 0.15) is 5.82 Å². The van der Waals surface area contributed by atoms with Crippen LogP contribution in [-0.4, -0.2) is 49.5 Å². The molecule has 0 aromatic carbocycles. The van der Waals surface area contributed by atoms with Gasteiger partial charge in [0.2, 0.25) is 0 Å². The summed E-state index contributed by atoms with van der Waals surface area (Å²) in [6.07, 6.45) is 10.0. The van der Waals surface area contributed by atoms with Crippen LogP contribution >= 0.6 is 24.8 Å². The van der Waals surface area contributed by atoms with Gasteiger partial charge in [0.25, 0.3) is 5.91 Å². The molecule has 1 aromatic heterocycles. The predicted molar refractivity (Wildman–Crippen MR) is 119 cm³/mol. The molecule has 7 heteroatoms. The van der Waals surface area contributed by atoms with E-state index in [9.17, 15) is 4.79 Å². The Morgan fingerprint density at radius 3 is 2.32 bits per heavy atom. The molecule has 1 heterocycles. The average Bonchev–Trinajstić information content (AvgIpc) is 2.59. The minimum Gasteiger partial charge on any atom is -0.368 e. The summed E-state index contributed by atoms with van der Waals surface area (Å²) < 4.78 is 0. The van der Waals surface area contributed by atoms with E-state index in [1.54, 1.807) is 6.20 Å². The van der Waals surface area contributed by atoms with Gasteiger partial charge in [-0.15, -0.1) is 24.8 Å². The van der Waals surface area contributed by atoms with E-state index in [0.29, 0.717) is 16.8 Å². The zero-order chi connectivity index (χ0) is 18.1. The molecule has 0 spiro atoms. The third-order valence-electron chi connectivity index (χ3n) is 6.69. The first-order chi connectivity index (χ1) is 12.5. The number of carbonyl (C=O) groups excluding carboxylic acids is 1. The van der Waals surface area contributed by atoms with Gasteiger partial charge in [-0.1, -0.05) is 0 Å². The number of halogens is 2. The van der Waals surface area contributed by atoms with Gasteiger partial charge in [0, 0.05) is 25.8 Å². The first kappa shape index (κ1) is 23.2. The van der Waals surface area contributed by atoms with E-state index in [4.69, 9.17) is 0 Å². The number of aromatic nitrogens is 1. The summed E-state index contributed by atoms with van der Waals surface area (Å²) in [6.45, 7) is 2.52. The van der Waals surface area contributed by atoms with Crippen LogP contribution in [0.5, 0.6) is 0 Å². The first-order valence-corrected chi connectivity index (χ1v) is 10.1. The van der Waals surface area contributed by atoms with Crippen LogP contribution < -0.4 is 10.6 Å². The fraction of sp³-hybridized carbons (Fsp3) is 0.714. The van der Waals surface area contributed by atoms with Gasteiger partial charge in [-0.2, -0.15) is 0 Å². The first-order valence-electron chi connectivity index (χ1n) is 10.1. The molecule has 0 aliphatic heterocycles. The number of anilines is 1. The maximum absolute atomic E-state index is 12.9. The maximum Gasteiger partial charge on any atom is 0.255 e. The molecule has 4 bridgehead atoms. The number of pyridine rings is 1. The number of nitrogens with zero attached hydrogens (tertiary/aromatic N) is 2. The van der Waals surface area contributed by atoms with Crippen molar-refractivity contribution in [2.75, 3.05) is 39.0 Å². The topological polar surface area (TPSA) is 57.3 Å². The molecular formula is C21H34Cl2N4O. The van der Waals surface area contributed by atoms with E-state index in [-0.39, 0.29) is 30.7 Å². The molecule has 4 saturated carbocycles. The van der Waals surface area contributed by atoms with Gasteiger partial charge in [0.15, 0.2) is 0 Å². The minimum absolute atomic E-state index is 0. The van der Waals surface area contributed by atoms with Crippen LogP contribution in [0.1, 0.15) is 48.9 Å². The number of hydrogen-bond donors (Lipinski definition) is 2. The van der Waals surface area contributed by atoms with E-state index in [1.807, 2.05) is 26.2 Å². The highest BCUT2D eigenvalue weighted by Crippen LogP contribution is 2.59. The number of likely N-dealkylation sites (N-methyl/N-ethyl adjacent to an activating group) is 1. The van der Waals surface area contributed by atoms with E-state index in [0.717, 1.165) is 37.4 Å². The Bertz CT molecular complexity index is 632. The molecule has 4 aliphatic carbocycles. The van der Waals surface area contributed by atoms with Crippen molar-refractivity contribution in [2.24, 2.45) is 23.2 Å². The summed E-state index contributed by atoms with van der Waals surface area (Å²) >= 11 is 0. The van der Waals surface area contributed by atoms with E-state index >= 15 is 0 Å². The van der Waals surface area contributed by atoms with Gasteiger partial charge in [-0.05, 0) is 87.9 Å². The lowest BCUT2D eigenvalue weighted by molar-refractivity contribution is -0.0503. The summed E-state index contributed by atoms with van der Waals surface area (Å²) in [5.74, 6) is 3.46. The summed E-state index contributed by atoms with van der Waals surface area (Å²) in [7, 11) is 4.08. The van der Waals surface area contributed by atoms with Gasteiger partial charge in [-0.25, -0.2) is 4.98 Å². The standard InChI is InChI=1S/C21H32N4O.2ClH/c1-25(2)7-6-23-19-18(4-3-5-22-19)20(26)24-14-21-11-15-8-16(12-21)10-17(9-15)13-21;;/h3-5,15-17H,6-14H2,1-2H3,(H,22,23)(H,24,26);2*1H. The van der Waals surface area contributed by atoms with Gasteiger partial charge in [-0.3, -0.25) is 4.79 Å². The largest absolute Gasteiger partial charge is 0.368 e. The highest BCUT2D eigenvalue weighted by Gasteiger charge is 2.50. The average molecular weight is 429 g/mol. The number of carbonyl (C=O) groups is 1. The van der Waals surface area contributed by atoms with E-state index < -0.39 is 0 Å². The lowest BCUT2D eigenvalue weighted by Crippen LogP contribution is -2.51. The molecule has 2 N–H and O–H groups in total. The van der Waals surface area contributed by atoms with Crippen molar-refractivity contribution in [1.82, 2.24) is 15.2 Å². The molecule has 5 rings (SSSR count). The molecule has 28 heavy (non-hydrogen) atoms. The molecule has 0 unspecified atom stereocenters. The molecule has 0 saturated heterocycles. The van der Waals surface area contributed by atoms with Crippen LogP contribution in [0, 0.1) is 23.2 Å². The summed E-state index contributed by atoms with van der Waals surface area (Å²) in [5, 5.41) is 6.57. The van der Waals surface area contributed by atoms with Crippen LogP contribution in [0.3, 0.4) is 0 Å².